The highest BCUT2D eigenvalue weighted by Gasteiger charge is 2.16. The molecule has 0 aromatic carbocycles. The molecular formula is C14H20N2O3. The third-order valence-electron chi connectivity index (χ3n) is 2.65. The van der Waals surface area contributed by atoms with Gasteiger partial charge in [-0.05, 0) is 23.6 Å². The van der Waals surface area contributed by atoms with Gasteiger partial charge >= 0.3 is 5.97 Å². The Kier molecular flexibility index (Phi) is 5.99. The predicted molar refractivity (Wildman–Crippen MR) is 71.4 cm³/mol. The zero-order valence-corrected chi connectivity index (χ0v) is 11.4. The van der Waals surface area contributed by atoms with Crippen LogP contribution in [0.1, 0.15) is 32.3 Å². The molecule has 0 aliphatic rings. The molecule has 0 bridgehead atoms. The van der Waals surface area contributed by atoms with Gasteiger partial charge in [0.25, 0.3) is 0 Å². The number of pyridine rings is 1. The number of rotatable bonds is 7. The molecule has 0 unspecified atom stereocenters. The van der Waals surface area contributed by atoms with Crippen molar-refractivity contribution < 1.29 is 14.7 Å². The van der Waals surface area contributed by atoms with Crippen LogP contribution < -0.4 is 0 Å². The molecule has 1 heterocycles. The Balaban J connectivity index is 2.68. The molecule has 0 fully saturated rings. The normalized spacial score (nSPS) is 10.5. The van der Waals surface area contributed by atoms with E-state index in [0.717, 1.165) is 5.56 Å². The van der Waals surface area contributed by atoms with Crippen LogP contribution in [0.4, 0.5) is 0 Å². The fraction of sp³-hybridized carbons (Fsp3) is 0.500. The summed E-state index contributed by atoms with van der Waals surface area (Å²) < 4.78 is 0. The number of nitrogens with zero attached hydrogens (tertiary/aromatic N) is 2. The highest BCUT2D eigenvalue weighted by atomic mass is 16.4. The summed E-state index contributed by atoms with van der Waals surface area (Å²) in [5.74, 6) is -0.637. The van der Waals surface area contributed by atoms with Crippen molar-refractivity contribution in [1.29, 1.82) is 0 Å². The van der Waals surface area contributed by atoms with Gasteiger partial charge in [-0.15, -0.1) is 0 Å². The summed E-state index contributed by atoms with van der Waals surface area (Å²) in [5, 5.41) is 8.74. The minimum absolute atomic E-state index is 0.00642. The van der Waals surface area contributed by atoms with Crippen LogP contribution in [0.3, 0.4) is 0 Å². The van der Waals surface area contributed by atoms with Crippen molar-refractivity contribution >= 4 is 11.9 Å². The van der Waals surface area contributed by atoms with Crippen LogP contribution in [-0.2, 0) is 16.1 Å². The van der Waals surface area contributed by atoms with E-state index in [1.165, 1.54) is 0 Å². The fourth-order valence-electron chi connectivity index (χ4n) is 1.71. The zero-order chi connectivity index (χ0) is 14.3. The molecule has 1 amide bonds. The van der Waals surface area contributed by atoms with Gasteiger partial charge in [0.15, 0.2) is 0 Å². The SMILES string of the molecule is CC(C)CC(=O)N(CCC(=O)O)Cc1ccncc1. The maximum Gasteiger partial charge on any atom is 0.305 e. The molecule has 0 spiro atoms. The quantitative estimate of drug-likeness (QED) is 0.817. The second kappa shape index (κ2) is 7.51. The molecule has 0 atom stereocenters. The van der Waals surface area contributed by atoms with Gasteiger partial charge in [-0.3, -0.25) is 14.6 Å². The number of carbonyl (C=O) groups is 2. The maximum atomic E-state index is 12.1. The van der Waals surface area contributed by atoms with Gasteiger partial charge in [0.05, 0.1) is 6.42 Å². The monoisotopic (exact) mass is 264 g/mol. The van der Waals surface area contributed by atoms with Crippen LogP contribution in [0, 0.1) is 5.92 Å². The lowest BCUT2D eigenvalue weighted by Gasteiger charge is -2.23. The highest BCUT2D eigenvalue weighted by Crippen LogP contribution is 2.09. The van der Waals surface area contributed by atoms with Crippen LogP contribution in [0.5, 0.6) is 0 Å². The molecule has 0 saturated carbocycles. The Morgan fingerprint density at radius 1 is 1.32 bits per heavy atom. The van der Waals surface area contributed by atoms with E-state index >= 15 is 0 Å². The van der Waals surface area contributed by atoms with Crippen molar-refractivity contribution in [1.82, 2.24) is 9.88 Å². The van der Waals surface area contributed by atoms with E-state index in [1.807, 2.05) is 26.0 Å². The molecule has 1 aromatic heterocycles. The average Bonchev–Trinajstić information content (AvgIpc) is 2.34. The van der Waals surface area contributed by atoms with E-state index in [2.05, 4.69) is 4.98 Å². The topological polar surface area (TPSA) is 70.5 Å². The predicted octanol–water partition coefficient (Wildman–Crippen LogP) is 1.93. The van der Waals surface area contributed by atoms with E-state index in [-0.39, 0.29) is 24.8 Å². The molecule has 1 rings (SSSR count). The lowest BCUT2D eigenvalue weighted by Crippen LogP contribution is -2.33. The standard InChI is InChI=1S/C14H20N2O3/c1-11(2)9-13(17)16(8-5-14(18)19)10-12-3-6-15-7-4-12/h3-4,6-7,11H,5,8-10H2,1-2H3,(H,18,19). The van der Waals surface area contributed by atoms with Crippen molar-refractivity contribution in [2.75, 3.05) is 6.54 Å². The number of carbonyl (C=O) groups excluding carboxylic acids is 1. The minimum Gasteiger partial charge on any atom is -0.481 e. The first-order valence-corrected chi connectivity index (χ1v) is 6.37. The second-order valence-corrected chi connectivity index (χ2v) is 4.91. The number of hydrogen-bond acceptors (Lipinski definition) is 3. The second-order valence-electron chi connectivity index (χ2n) is 4.91. The Morgan fingerprint density at radius 3 is 2.47 bits per heavy atom. The molecule has 1 N–H and O–H groups in total. The summed E-state index contributed by atoms with van der Waals surface area (Å²) in [6.07, 6.45) is 3.73. The Hall–Kier alpha value is -1.91. The molecular weight excluding hydrogens is 244 g/mol. The van der Waals surface area contributed by atoms with Gasteiger partial charge in [0.2, 0.25) is 5.91 Å². The Morgan fingerprint density at radius 2 is 1.95 bits per heavy atom. The van der Waals surface area contributed by atoms with Crippen molar-refractivity contribution in [2.45, 2.75) is 33.2 Å². The van der Waals surface area contributed by atoms with Crippen molar-refractivity contribution in [3.05, 3.63) is 30.1 Å². The summed E-state index contributed by atoms with van der Waals surface area (Å²) in [7, 11) is 0. The van der Waals surface area contributed by atoms with Gasteiger partial charge in [0, 0.05) is 31.9 Å². The minimum atomic E-state index is -0.892. The van der Waals surface area contributed by atoms with Crippen LogP contribution in [-0.4, -0.2) is 33.4 Å². The van der Waals surface area contributed by atoms with Crippen LogP contribution >= 0.6 is 0 Å². The number of amides is 1. The van der Waals surface area contributed by atoms with Crippen LogP contribution in [0.2, 0.25) is 0 Å². The number of carboxylic acid groups (broad SMARTS) is 1. The summed E-state index contributed by atoms with van der Waals surface area (Å²) >= 11 is 0. The van der Waals surface area contributed by atoms with E-state index in [9.17, 15) is 9.59 Å². The van der Waals surface area contributed by atoms with Gasteiger partial charge in [-0.25, -0.2) is 0 Å². The molecule has 5 heteroatoms. The molecule has 19 heavy (non-hydrogen) atoms. The van der Waals surface area contributed by atoms with E-state index in [1.54, 1.807) is 17.3 Å². The van der Waals surface area contributed by atoms with Gasteiger partial charge in [0.1, 0.15) is 0 Å². The molecule has 5 nitrogen and oxygen atoms in total. The number of hydrogen-bond donors (Lipinski definition) is 1. The Bertz CT molecular complexity index is 418. The molecule has 0 radical (unpaired) electrons. The van der Waals surface area contributed by atoms with E-state index < -0.39 is 5.97 Å². The highest BCUT2D eigenvalue weighted by molar-refractivity contribution is 5.77. The molecule has 0 aliphatic carbocycles. The lowest BCUT2D eigenvalue weighted by atomic mass is 10.1. The first-order valence-electron chi connectivity index (χ1n) is 6.37. The van der Waals surface area contributed by atoms with E-state index in [4.69, 9.17) is 5.11 Å². The number of aromatic nitrogens is 1. The molecule has 104 valence electrons. The van der Waals surface area contributed by atoms with Crippen molar-refractivity contribution in [2.24, 2.45) is 5.92 Å². The number of carboxylic acids is 1. The van der Waals surface area contributed by atoms with Gasteiger partial charge < -0.3 is 10.0 Å². The summed E-state index contributed by atoms with van der Waals surface area (Å²) in [6.45, 7) is 4.62. The van der Waals surface area contributed by atoms with Crippen LogP contribution in [0.25, 0.3) is 0 Å². The summed E-state index contributed by atoms with van der Waals surface area (Å²) in [6, 6.07) is 3.66. The number of aliphatic carboxylic acids is 1. The van der Waals surface area contributed by atoms with Crippen LogP contribution in [0.15, 0.2) is 24.5 Å². The van der Waals surface area contributed by atoms with Gasteiger partial charge in [-0.2, -0.15) is 0 Å². The van der Waals surface area contributed by atoms with Gasteiger partial charge in [-0.1, -0.05) is 13.8 Å². The first kappa shape index (κ1) is 15.1. The maximum absolute atomic E-state index is 12.1. The fourth-order valence-corrected chi connectivity index (χ4v) is 1.71. The third-order valence-corrected chi connectivity index (χ3v) is 2.65. The Labute approximate surface area is 113 Å². The van der Waals surface area contributed by atoms with Crippen molar-refractivity contribution in [3.63, 3.8) is 0 Å². The smallest absolute Gasteiger partial charge is 0.305 e. The van der Waals surface area contributed by atoms with E-state index in [0.29, 0.717) is 13.0 Å². The van der Waals surface area contributed by atoms with Crippen molar-refractivity contribution in [3.8, 4) is 0 Å². The molecule has 1 aromatic rings. The first-order chi connectivity index (χ1) is 8.99. The molecule has 0 aliphatic heterocycles. The largest absolute Gasteiger partial charge is 0.481 e. The lowest BCUT2D eigenvalue weighted by molar-refractivity contribution is -0.138. The third kappa shape index (κ3) is 5.99. The zero-order valence-electron chi connectivity index (χ0n) is 11.4. The average molecular weight is 264 g/mol. The summed E-state index contributed by atoms with van der Waals surface area (Å²) in [5.41, 5.74) is 0.956. The molecule has 0 saturated heterocycles. The summed E-state index contributed by atoms with van der Waals surface area (Å²) in [4.78, 5) is 28.3.